The van der Waals surface area contributed by atoms with Gasteiger partial charge in [0.05, 0.1) is 11.8 Å². The molecule has 0 aliphatic rings. The van der Waals surface area contributed by atoms with Crippen molar-refractivity contribution in [3.8, 4) is 11.5 Å². The van der Waals surface area contributed by atoms with E-state index in [1.165, 1.54) is 24.4 Å². The van der Waals surface area contributed by atoms with E-state index in [4.69, 9.17) is 9.47 Å². The second kappa shape index (κ2) is 10.2. The molecule has 1 N–H and O–H groups in total. The predicted octanol–water partition coefficient (Wildman–Crippen LogP) is 4.73. The zero-order valence-electron chi connectivity index (χ0n) is 17.4. The van der Waals surface area contributed by atoms with E-state index in [1.54, 1.807) is 36.4 Å². The fourth-order valence-corrected chi connectivity index (χ4v) is 3.09. The molecule has 0 fully saturated rings. The van der Waals surface area contributed by atoms with Crippen molar-refractivity contribution in [2.24, 2.45) is 5.10 Å². The Bertz CT molecular complexity index is 1310. The highest BCUT2D eigenvalue weighted by atomic mass is 19.1. The molecule has 4 aromatic rings. The third-order valence-electron chi connectivity index (χ3n) is 4.70. The molecule has 1 amide bonds. The fourth-order valence-electron chi connectivity index (χ4n) is 3.09. The van der Waals surface area contributed by atoms with E-state index in [2.05, 4.69) is 10.5 Å². The van der Waals surface area contributed by atoms with Crippen LogP contribution in [0.1, 0.15) is 15.9 Å². The number of fused-ring (bicyclic) bond motifs is 1. The van der Waals surface area contributed by atoms with E-state index < -0.39 is 17.7 Å². The summed E-state index contributed by atoms with van der Waals surface area (Å²) < 4.78 is 24.5. The molecule has 4 rings (SSSR count). The number of amides is 1. The number of rotatable bonds is 7. The molecule has 0 atom stereocenters. The number of halogens is 1. The number of nitrogens with zero attached hydrogens (tertiary/aromatic N) is 1. The van der Waals surface area contributed by atoms with Crippen LogP contribution in [0.15, 0.2) is 96.1 Å². The van der Waals surface area contributed by atoms with Gasteiger partial charge in [-0.1, -0.05) is 48.5 Å². The number of hydrogen-bond acceptors (Lipinski definition) is 5. The third kappa shape index (κ3) is 5.59. The summed E-state index contributed by atoms with van der Waals surface area (Å²) in [5.74, 6) is -0.963. The van der Waals surface area contributed by atoms with Crippen LogP contribution in [0.25, 0.3) is 10.8 Å². The molecule has 0 spiro atoms. The molecule has 33 heavy (non-hydrogen) atoms. The van der Waals surface area contributed by atoms with Crippen molar-refractivity contribution in [1.82, 2.24) is 5.43 Å². The molecule has 0 unspecified atom stereocenters. The SMILES string of the molecule is O=C(COc1cccc2ccccc12)NN=Cc1ccc(OC(=O)c2ccccc2F)cc1. The van der Waals surface area contributed by atoms with Gasteiger partial charge >= 0.3 is 5.97 Å². The molecule has 6 nitrogen and oxygen atoms in total. The van der Waals surface area contributed by atoms with E-state index in [9.17, 15) is 14.0 Å². The summed E-state index contributed by atoms with van der Waals surface area (Å²) in [6, 6.07) is 25.4. The minimum absolute atomic E-state index is 0.142. The van der Waals surface area contributed by atoms with Crippen molar-refractivity contribution < 1.29 is 23.5 Å². The molecule has 0 aliphatic carbocycles. The maximum atomic E-state index is 13.7. The first-order valence-electron chi connectivity index (χ1n) is 10.1. The Morgan fingerprint density at radius 1 is 0.879 bits per heavy atom. The van der Waals surface area contributed by atoms with Gasteiger partial charge in [-0.3, -0.25) is 4.79 Å². The summed E-state index contributed by atoms with van der Waals surface area (Å²) in [4.78, 5) is 24.1. The lowest BCUT2D eigenvalue weighted by atomic mass is 10.1. The van der Waals surface area contributed by atoms with Gasteiger partial charge in [-0.05, 0) is 53.4 Å². The normalized spacial score (nSPS) is 10.8. The second-order valence-corrected chi connectivity index (χ2v) is 7.00. The summed E-state index contributed by atoms with van der Waals surface area (Å²) >= 11 is 0. The van der Waals surface area contributed by atoms with Crippen molar-refractivity contribution in [2.75, 3.05) is 6.61 Å². The highest BCUT2D eigenvalue weighted by molar-refractivity contribution is 5.91. The molecule has 0 saturated carbocycles. The van der Waals surface area contributed by atoms with Gasteiger partial charge in [0.25, 0.3) is 5.91 Å². The Kier molecular flexibility index (Phi) is 6.70. The third-order valence-corrected chi connectivity index (χ3v) is 4.70. The molecule has 0 aromatic heterocycles. The number of hydrazone groups is 1. The zero-order valence-corrected chi connectivity index (χ0v) is 17.4. The van der Waals surface area contributed by atoms with Gasteiger partial charge in [0.1, 0.15) is 17.3 Å². The Labute approximate surface area is 189 Å². The van der Waals surface area contributed by atoms with Crippen LogP contribution in [-0.4, -0.2) is 24.7 Å². The lowest BCUT2D eigenvalue weighted by Gasteiger charge is -2.08. The van der Waals surface area contributed by atoms with Crippen LogP contribution in [0, 0.1) is 5.82 Å². The smallest absolute Gasteiger partial charge is 0.346 e. The molecule has 0 heterocycles. The molecular formula is C26H19FN2O4. The number of carbonyl (C=O) groups excluding carboxylic acids is 2. The van der Waals surface area contributed by atoms with Crippen LogP contribution < -0.4 is 14.9 Å². The van der Waals surface area contributed by atoms with Crippen molar-refractivity contribution in [3.63, 3.8) is 0 Å². The zero-order chi connectivity index (χ0) is 23.0. The molecule has 0 bridgehead atoms. The standard InChI is InChI=1S/C26H19FN2O4/c27-23-10-4-3-9-22(23)26(31)33-20-14-12-18(13-15-20)16-28-29-25(30)17-32-24-11-5-7-19-6-1-2-8-21(19)24/h1-16H,17H2,(H,29,30). The van der Waals surface area contributed by atoms with Crippen LogP contribution in [-0.2, 0) is 4.79 Å². The fraction of sp³-hybridized carbons (Fsp3) is 0.0385. The molecule has 4 aromatic carbocycles. The van der Waals surface area contributed by atoms with E-state index in [0.717, 1.165) is 10.8 Å². The molecule has 0 radical (unpaired) electrons. The van der Waals surface area contributed by atoms with E-state index >= 15 is 0 Å². The number of ether oxygens (including phenoxy) is 2. The van der Waals surface area contributed by atoms with Gasteiger partial charge in [-0.2, -0.15) is 5.10 Å². The Morgan fingerprint density at radius 2 is 1.61 bits per heavy atom. The van der Waals surface area contributed by atoms with Crippen LogP contribution >= 0.6 is 0 Å². The topological polar surface area (TPSA) is 77.0 Å². The highest BCUT2D eigenvalue weighted by Crippen LogP contribution is 2.25. The summed E-state index contributed by atoms with van der Waals surface area (Å²) in [7, 11) is 0. The van der Waals surface area contributed by atoms with Crippen LogP contribution in [0.2, 0.25) is 0 Å². The van der Waals surface area contributed by atoms with Gasteiger partial charge < -0.3 is 9.47 Å². The second-order valence-electron chi connectivity index (χ2n) is 7.00. The van der Waals surface area contributed by atoms with Gasteiger partial charge in [0, 0.05) is 5.39 Å². The maximum Gasteiger partial charge on any atom is 0.346 e. The number of esters is 1. The minimum atomic E-state index is -0.784. The number of nitrogens with one attached hydrogen (secondary N) is 1. The maximum absolute atomic E-state index is 13.7. The average molecular weight is 442 g/mol. The summed E-state index contributed by atoms with van der Waals surface area (Å²) in [5.41, 5.74) is 2.92. The molecular weight excluding hydrogens is 423 g/mol. The van der Waals surface area contributed by atoms with Gasteiger partial charge in [-0.15, -0.1) is 0 Å². The first-order chi connectivity index (χ1) is 16.1. The van der Waals surface area contributed by atoms with E-state index in [-0.39, 0.29) is 17.9 Å². The predicted molar refractivity (Wildman–Crippen MR) is 123 cm³/mol. The lowest BCUT2D eigenvalue weighted by Crippen LogP contribution is -2.24. The summed E-state index contributed by atoms with van der Waals surface area (Å²) in [6.07, 6.45) is 1.44. The van der Waals surface area contributed by atoms with Crippen molar-refractivity contribution in [3.05, 3.63) is 108 Å². The first-order valence-corrected chi connectivity index (χ1v) is 10.1. The Balaban J connectivity index is 1.28. The first kappa shape index (κ1) is 21.7. The largest absolute Gasteiger partial charge is 0.483 e. The van der Waals surface area contributed by atoms with Crippen molar-refractivity contribution in [2.45, 2.75) is 0 Å². The van der Waals surface area contributed by atoms with Crippen LogP contribution in [0.3, 0.4) is 0 Å². The van der Waals surface area contributed by atoms with Crippen molar-refractivity contribution >= 4 is 28.9 Å². The quantitative estimate of drug-likeness (QED) is 0.194. The number of carbonyl (C=O) groups is 2. The summed E-state index contributed by atoms with van der Waals surface area (Å²) in [6.45, 7) is -0.184. The molecule has 0 saturated heterocycles. The molecule has 0 aliphatic heterocycles. The number of hydrogen-bond donors (Lipinski definition) is 1. The van der Waals surface area contributed by atoms with Gasteiger partial charge in [0.15, 0.2) is 6.61 Å². The van der Waals surface area contributed by atoms with E-state index in [0.29, 0.717) is 11.3 Å². The van der Waals surface area contributed by atoms with E-state index in [1.807, 2.05) is 36.4 Å². The highest BCUT2D eigenvalue weighted by Gasteiger charge is 2.13. The molecule has 164 valence electrons. The Hall–Kier alpha value is -4.52. The van der Waals surface area contributed by atoms with Gasteiger partial charge in [0.2, 0.25) is 0 Å². The van der Waals surface area contributed by atoms with Crippen LogP contribution in [0.4, 0.5) is 4.39 Å². The molecule has 7 heteroatoms. The Morgan fingerprint density at radius 3 is 2.42 bits per heavy atom. The minimum Gasteiger partial charge on any atom is -0.483 e. The number of benzene rings is 4. The lowest BCUT2D eigenvalue weighted by molar-refractivity contribution is -0.123. The monoisotopic (exact) mass is 442 g/mol. The van der Waals surface area contributed by atoms with Gasteiger partial charge in [-0.25, -0.2) is 14.6 Å². The van der Waals surface area contributed by atoms with Crippen LogP contribution in [0.5, 0.6) is 11.5 Å². The average Bonchev–Trinajstić information content (AvgIpc) is 2.84. The summed E-state index contributed by atoms with van der Waals surface area (Å²) in [5, 5.41) is 5.85. The van der Waals surface area contributed by atoms with Crippen molar-refractivity contribution in [1.29, 1.82) is 0 Å².